The molecule has 0 bridgehead atoms. The lowest BCUT2D eigenvalue weighted by Gasteiger charge is -2.35. The summed E-state index contributed by atoms with van der Waals surface area (Å²) in [5.41, 5.74) is 5.86. The van der Waals surface area contributed by atoms with Crippen LogP contribution in [0.1, 0.15) is 26.7 Å². The minimum Gasteiger partial charge on any atom is -0.326 e. The number of nitrogens with two attached hydrogens (primary N) is 1. The van der Waals surface area contributed by atoms with Crippen LogP contribution in [0.4, 0.5) is 0 Å². The molecule has 0 amide bonds. The maximum atomic E-state index is 12.0. The van der Waals surface area contributed by atoms with Crippen molar-refractivity contribution in [2.75, 3.05) is 13.1 Å². The molecule has 1 saturated heterocycles. The Morgan fingerprint density at radius 1 is 1.62 bits per heavy atom. The third-order valence-corrected chi connectivity index (χ3v) is 5.42. The van der Waals surface area contributed by atoms with Crippen LogP contribution in [0.2, 0.25) is 0 Å². The first kappa shape index (κ1) is 13.4. The Morgan fingerprint density at radius 2 is 2.25 bits per heavy atom. The van der Waals surface area contributed by atoms with Crippen molar-refractivity contribution in [3.8, 4) is 6.07 Å². The van der Waals surface area contributed by atoms with Crippen LogP contribution in [0, 0.1) is 17.2 Å². The quantitative estimate of drug-likeness (QED) is 0.774. The van der Waals surface area contributed by atoms with Crippen molar-refractivity contribution in [2.24, 2.45) is 11.7 Å². The van der Waals surface area contributed by atoms with Gasteiger partial charge in [-0.05, 0) is 18.8 Å². The van der Waals surface area contributed by atoms with E-state index in [0.29, 0.717) is 25.4 Å². The highest BCUT2D eigenvalue weighted by Gasteiger charge is 2.35. The summed E-state index contributed by atoms with van der Waals surface area (Å²) in [4.78, 5) is 0. The summed E-state index contributed by atoms with van der Waals surface area (Å²) in [5.74, 6) is 0.341. The first-order valence-corrected chi connectivity index (χ1v) is 7.08. The van der Waals surface area contributed by atoms with E-state index in [1.807, 2.05) is 13.0 Å². The summed E-state index contributed by atoms with van der Waals surface area (Å²) in [6, 6.07) is 1.72. The van der Waals surface area contributed by atoms with Gasteiger partial charge in [0.1, 0.15) is 0 Å². The van der Waals surface area contributed by atoms with E-state index < -0.39 is 15.3 Å². The first-order chi connectivity index (χ1) is 7.43. The summed E-state index contributed by atoms with van der Waals surface area (Å²) < 4.78 is 25.5. The van der Waals surface area contributed by atoms with Crippen LogP contribution in [-0.4, -0.2) is 37.1 Å². The number of nitriles is 1. The fourth-order valence-electron chi connectivity index (χ4n) is 1.85. The van der Waals surface area contributed by atoms with Crippen molar-refractivity contribution in [1.82, 2.24) is 4.31 Å². The summed E-state index contributed by atoms with van der Waals surface area (Å²) in [6.45, 7) is 4.55. The molecule has 0 saturated carbocycles. The number of sulfonamides is 1. The fourth-order valence-corrected chi connectivity index (χ4v) is 3.50. The first-order valence-electron chi connectivity index (χ1n) is 5.57. The van der Waals surface area contributed by atoms with E-state index in [2.05, 4.69) is 0 Å². The lowest BCUT2D eigenvalue weighted by atomic mass is 9.96. The fraction of sp³-hybridized carbons (Fsp3) is 0.900. The molecule has 0 radical (unpaired) electrons. The molecule has 1 heterocycles. The second kappa shape index (κ2) is 5.13. The van der Waals surface area contributed by atoms with Gasteiger partial charge in [0.15, 0.2) is 5.25 Å². The molecule has 0 aromatic heterocycles. The summed E-state index contributed by atoms with van der Waals surface area (Å²) >= 11 is 0. The Labute approximate surface area is 97.3 Å². The van der Waals surface area contributed by atoms with Crippen LogP contribution in [0.25, 0.3) is 0 Å². The highest BCUT2D eigenvalue weighted by atomic mass is 32.2. The van der Waals surface area contributed by atoms with Crippen molar-refractivity contribution < 1.29 is 8.42 Å². The van der Waals surface area contributed by atoms with Crippen LogP contribution in [0.15, 0.2) is 0 Å². The van der Waals surface area contributed by atoms with E-state index in [4.69, 9.17) is 11.0 Å². The van der Waals surface area contributed by atoms with Gasteiger partial charge in [-0.25, -0.2) is 8.42 Å². The molecule has 5 nitrogen and oxygen atoms in total. The SMILES string of the molecule is CCC(C#N)S(=O)(=O)N1CCC(C)C(N)C1. The Morgan fingerprint density at radius 3 is 2.69 bits per heavy atom. The molecule has 1 aliphatic heterocycles. The molecular weight excluding hydrogens is 226 g/mol. The molecule has 3 atom stereocenters. The molecule has 0 aromatic carbocycles. The molecule has 1 aliphatic rings. The van der Waals surface area contributed by atoms with Gasteiger partial charge in [-0.1, -0.05) is 13.8 Å². The smallest absolute Gasteiger partial charge is 0.230 e. The van der Waals surface area contributed by atoms with Gasteiger partial charge in [-0.3, -0.25) is 0 Å². The molecule has 1 fully saturated rings. The molecule has 6 heteroatoms. The van der Waals surface area contributed by atoms with Crippen LogP contribution < -0.4 is 5.73 Å². The standard InChI is InChI=1S/C10H19N3O2S/c1-3-9(6-11)16(14,15)13-5-4-8(2)10(12)7-13/h8-10H,3-5,7,12H2,1-2H3. The lowest BCUT2D eigenvalue weighted by Crippen LogP contribution is -2.51. The van der Waals surface area contributed by atoms with E-state index in [0.717, 1.165) is 6.42 Å². The molecule has 0 aliphatic carbocycles. The molecule has 0 aromatic rings. The van der Waals surface area contributed by atoms with Crippen molar-refractivity contribution >= 4 is 10.0 Å². The topological polar surface area (TPSA) is 87.2 Å². The van der Waals surface area contributed by atoms with Crippen molar-refractivity contribution in [3.63, 3.8) is 0 Å². The van der Waals surface area contributed by atoms with E-state index in [1.54, 1.807) is 6.92 Å². The van der Waals surface area contributed by atoms with E-state index >= 15 is 0 Å². The Hall–Kier alpha value is -0.640. The summed E-state index contributed by atoms with van der Waals surface area (Å²) in [7, 11) is -3.49. The number of hydrogen-bond acceptors (Lipinski definition) is 4. The van der Waals surface area contributed by atoms with Gasteiger partial charge in [0.25, 0.3) is 0 Å². The third-order valence-electron chi connectivity index (χ3n) is 3.21. The Bertz CT molecular complexity index is 374. The minimum absolute atomic E-state index is 0.125. The summed E-state index contributed by atoms with van der Waals surface area (Å²) in [6.07, 6.45) is 1.09. The van der Waals surface area contributed by atoms with Gasteiger partial charge < -0.3 is 5.73 Å². The van der Waals surface area contributed by atoms with E-state index in [9.17, 15) is 8.42 Å². The van der Waals surface area contributed by atoms with Crippen molar-refractivity contribution in [2.45, 2.75) is 38.0 Å². The van der Waals surface area contributed by atoms with E-state index in [1.165, 1.54) is 4.31 Å². The van der Waals surface area contributed by atoms with Gasteiger partial charge in [0, 0.05) is 19.1 Å². The maximum Gasteiger partial charge on any atom is 0.230 e. The van der Waals surface area contributed by atoms with E-state index in [-0.39, 0.29) is 6.04 Å². The zero-order valence-corrected chi connectivity index (χ0v) is 10.6. The highest BCUT2D eigenvalue weighted by molar-refractivity contribution is 7.90. The number of hydrogen-bond donors (Lipinski definition) is 1. The van der Waals surface area contributed by atoms with Crippen LogP contribution in [-0.2, 0) is 10.0 Å². The lowest BCUT2D eigenvalue weighted by molar-refractivity contribution is 0.252. The van der Waals surface area contributed by atoms with Crippen LogP contribution in [0.3, 0.4) is 0 Å². The molecule has 0 spiro atoms. The highest BCUT2D eigenvalue weighted by Crippen LogP contribution is 2.21. The monoisotopic (exact) mass is 245 g/mol. The predicted octanol–water partition coefficient (Wildman–Crippen LogP) is 0.287. The average Bonchev–Trinajstić information content (AvgIpc) is 2.23. The normalized spacial score (nSPS) is 29.6. The molecule has 3 unspecified atom stereocenters. The second-order valence-corrected chi connectivity index (χ2v) is 6.47. The minimum atomic E-state index is -3.49. The van der Waals surface area contributed by atoms with Gasteiger partial charge in [-0.15, -0.1) is 0 Å². The van der Waals surface area contributed by atoms with Crippen LogP contribution >= 0.6 is 0 Å². The zero-order valence-electron chi connectivity index (χ0n) is 9.76. The zero-order chi connectivity index (χ0) is 12.3. The maximum absolute atomic E-state index is 12.0. The molecule has 92 valence electrons. The van der Waals surface area contributed by atoms with Gasteiger partial charge >= 0.3 is 0 Å². The Balaban J connectivity index is 2.82. The molecule has 16 heavy (non-hydrogen) atoms. The number of piperidine rings is 1. The number of nitrogens with zero attached hydrogens (tertiary/aromatic N) is 2. The molecule has 2 N–H and O–H groups in total. The number of rotatable bonds is 3. The largest absolute Gasteiger partial charge is 0.326 e. The van der Waals surface area contributed by atoms with Gasteiger partial charge in [0.2, 0.25) is 10.0 Å². The summed E-state index contributed by atoms with van der Waals surface area (Å²) in [5, 5.41) is 7.89. The molecule has 1 rings (SSSR count). The van der Waals surface area contributed by atoms with Crippen molar-refractivity contribution in [3.05, 3.63) is 0 Å². The van der Waals surface area contributed by atoms with Gasteiger partial charge in [0.05, 0.1) is 6.07 Å². The second-order valence-electron chi connectivity index (χ2n) is 4.36. The predicted molar refractivity (Wildman–Crippen MR) is 61.9 cm³/mol. The van der Waals surface area contributed by atoms with Crippen molar-refractivity contribution in [1.29, 1.82) is 5.26 Å². The molecular formula is C10H19N3O2S. The van der Waals surface area contributed by atoms with Crippen LogP contribution in [0.5, 0.6) is 0 Å². The van der Waals surface area contributed by atoms with Gasteiger partial charge in [-0.2, -0.15) is 9.57 Å². The third kappa shape index (κ3) is 2.54. The Kier molecular flexibility index (Phi) is 4.30. The average molecular weight is 245 g/mol.